The number of carbonyl (C=O) groups excluding carboxylic acids is 1. The minimum atomic E-state index is -1.72. The van der Waals surface area contributed by atoms with Gasteiger partial charge in [0.15, 0.2) is 12.4 Å². The molecule has 0 aromatic carbocycles. The Bertz CT molecular complexity index is 218. The second-order valence-electron chi connectivity index (χ2n) is 2.94. The summed E-state index contributed by atoms with van der Waals surface area (Å²) in [7, 11) is 1.07. The predicted molar refractivity (Wildman–Crippen MR) is 40.9 cm³/mol. The molecule has 1 heterocycles. The van der Waals surface area contributed by atoms with Crippen LogP contribution in [0.1, 0.15) is 0 Å². The lowest BCUT2D eigenvalue weighted by molar-refractivity contribution is -0.280. The van der Waals surface area contributed by atoms with E-state index in [9.17, 15) is 15.0 Å². The fourth-order valence-corrected chi connectivity index (χ4v) is 1.17. The normalized spacial score (nSPS) is 43.4. The van der Waals surface area contributed by atoms with Gasteiger partial charge in [-0.2, -0.15) is 0 Å². The van der Waals surface area contributed by atoms with Gasteiger partial charge in [-0.1, -0.05) is 0 Å². The van der Waals surface area contributed by atoms with Crippen LogP contribution in [0.3, 0.4) is 0 Å². The van der Waals surface area contributed by atoms with Gasteiger partial charge in [-0.05, 0) is 0 Å². The Morgan fingerprint density at radius 3 is 2.21 bits per heavy atom. The van der Waals surface area contributed by atoms with Crippen LogP contribution in [-0.2, 0) is 14.3 Å². The Morgan fingerprint density at radius 1 is 1.14 bits per heavy atom. The summed E-state index contributed by atoms with van der Waals surface area (Å²) in [6, 6.07) is 0. The van der Waals surface area contributed by atoms with Crippen molar-refractivity contribution in [1.29, 1.82) is 0 Å². The lowest BCUT2D eigenvalue weighted by atomic mass is 9.99. The van der Waals surface area contributed by atoms with E-state index < -0.39 is 36.7 Å². The van der Waals surface area contributed by atoms with E-state index in [4.69, 9.17) is 10.2 Å². The van der Waals surface area contributed by atoms with Crippen molar-refractivity contribution in [3.05, 3.63) is 0 Å². The van der Waals surface area contributed by atoms with E-state index in [1.807, 2.05) is 0 Å². The highest BCUT2D eigenvalue weighted by Gasteiger charge is 2.46. The molecule has 5 atom stereocenters. The molecule has 1 rings (SSSR count). The van der Waals surface area contributed by atoms with Crippen molar-refractivity contribution < 1.29 is 34.7 Å². The number of ether oxygens (including phenoxy) is 2. The maximum Gasteiger partial charge on any atom is 0.337 e. The number of methoxy groups -OCH3 is 1. The van der Waals surface area contributed by atoms with Crippen molar-refractivity contribution in [3.8, 4) is 0 Å². The van der Waals surface area contributed by atoms with Gasteiger partial charge in [-0.15, -0.1) is 0 Å². The molecule has 82 valence electrons. The molecule has 0 bridgehead atoms. The van der Waals surface area contributed by atoms with E-state index in [2.05, 4.69) is 9.47 Å². The first kappa shape index (κ1) is 11.3. The molecule has 1 aliphatic heterocycles. The molecule has 14 heavy (non-hydrogen) atoms. The summed E-state index contributed by atoms with van der Waals surface area (Å²) < 4.78 is 8.82. The Kier molecular flexibility index (Phi) is 3.40. The van der Waals surface area contributed by atoms with Crippen LogP contribution in [0.25, 0.3) is 0 Å². The summed E-state index contributed by atoms with van der Waals surface area (Å²) >= 11 is 0. The van der Waals surface area contributed by atoms with Crippen LogP contribution < -0.4 is 0 Å². The van der Waals surface area contributed by atoms with Crippen LogP contribution >= 0.6 is 0 Å². The third-order valence-corrected chi connectivity index (χ3v) is 2.02. The van der Waals surface area contributed by atoms with Gasteiger partial charge in [0.05, 0.1) is 7.11 Å². The van der Waals surface area contributed by atoms with E-state index >= 15 is 0 Å². The summed E-state index contributed by atoms with van der Waals surface area (Å²) in [6.45, 7) is 0. The van der Waals surface area contributed by atoms with E-state index in [1.165, 1.54) is 0 Å². The summed E-state index contributed by atoms with van der Waals surface area (Å²) in [4.78, 5) is 11.0. The first-order chi connectivity index (χ1) is 6.49. The number of hydrogen-bond donors (Lipinski definition) is 4. The smallest absolute Gasteiger partial charge is 0.337 e. The molecule has 0 radical (unpaired) electrons. The number of rotatable bonds is 1. The largest absolute Gasteiger partial charge is 0.467 e. The maximum atomic E-state index is 11.0. The van der Waals surface area contributed by atoms with E-state index in [0.717, 1.165) is 7.11 Å². The quantitative estimate of drug-likeness (QED) is 0.338. The zero-order chi connectivity index (χ0) is 10.9. The average molecular weight is 208 g/mol. The topological polar surface area (TPSA) is 116 Å². The van der Waals surface area contributed by atoms with Gasteiger partial charge in [0, 0.05) is 0 Å². The Morgan fingerprint density at radius 2 is 1.71 bits per heavy atom. The fraction of sp³-hybridized carbons (Fsp3) is 0.857. The number of carbonyl (C=O) groups is 1. The van der Waals surface area contributed by atoms with Crippen LogP contribution in [-0.4, -0.2) is 64.2 Å². The highest BCUT2D eigenvalue weighted by Crippen LogP contribution is 2.20. The summed E-state index contributed by atoms with van der Waals surface area (Å²) in [5.41, 5.74) is 0. The molecule has 1 aliphatic rings. The third kappa shape index (κ3) is 1.86. The summed E-state index contributed by atoms with van der Waals surface area (Å²) in [5.74, 6) is -0.928. The van der Waals surface area contributed by atoms with Gasteiger partial charge in [0.2, 0.25) is 0 Å². The SMILES string of the molecule is COC(=O)C1O[C@@H](O)C(O)[C@@H](O)[C@@H]1O. The maximum absolute atomic E-state index is 11.0. The average Bonchev–Trinajstić information content (AvgIpc) is 2.19. The highest BCUT2D eigenvalue weighted by molar-refractivity contribution is 5.75. The van der Waals surface area contributed by atoms with Crippen molar-refractivity contribution in [1.82, 2.24) is 0 Å². The van der Waals surface area contributed by atoms with Gasteiger partial charge in [-0.3, -0.25) is 0 Å². The third-order valence-electron chi connectivity index (χ3n) is 2.02. The first-order valence-electron chi connectivity index (χ1n) is 3.94. The molecule has 0 aromatic rings. The van der Waals surface area contributed by atoms with Crippen molar-refractivity contribution >= 4 is 5.97 Å². The minimum absolute atomic E-state index is 0.928. The second kappa shape index (κ2) is 4.20. The number of esters is 1. The van der Waals surface area contributed by atoms with Crippen LogP contribution in [0.2, 0.25) is 0 Å². The van der Waals surface area contributed by atoms with Crippen molar-refractivity contribution in [2.75, 3.05) is 7.11 Å². The van der Waals surface area contributed by atoms with Crippen molar-refractivity contribution in [2.24, 2.45) is 0 Å². The molecular weight excluding hydrogens is 196 g/mol. The first-order valence-corrected chi connectivity index (χ1v) is 3.94. The summed E-state index contributed by atoms with van der Waals surface area (Å²) in [6.07, 6.45) is -8.14. The van der Waals surface area contributed by atoms with Gasteiger partial charge >= 0.3 is 5.97 Å². The van der Waals surface area contributed by atoms with Gasteiger partial charge < -0.3 is 29.9 Å². The van der Waals surface area contributed by atoms with Gasteiger partial charge in [0.25, 0.3) is 0 Å². The highest BCUT2D eigenvalue weighted by atomic mass is 16.7. The molecule has 4 N–H and O–H groups in total. The molecule has 1 fully saturated rings. The molecule has 0 spiro atoms. The van der Waals surface area contributed by atoms with E-state index in [-0.39, 0.29) is 0 Å². The molecule has 0 aromatic heterocycles. The van der Waals surface area contributed by atoms with Gasteiger partial charge in [0.1, 0.15) is 18.3 Å². The fourth-order valence-electron chi connectivity index (χ4n) is 1.17. The van der Waals surface area contributed by atoms with Crippen molar-refractivity contribution in [2.45, 2.75) is 30.7 Å². The molecule has 2 unspecified atom stereocenters. The summed E-state index contributed by atoms with van der Waals surface area (Å²) in [5, 5.41) is 36.5. The molecule has 1 saturated heterocycles. The predicted octanol–water partition coefficient (Wildman–Crippen LogP) is -3.04. The van der Waals surface area contributed by atoms with Gasteiger partial charge in [-0.25, -0.2) is 4.79 Å². The molecule has 0 aliphatic carbocycles. The van der Waals surface area contributed by atoms with Crippen LogP contribution in [0, 0.1) is 0 Å². The minimum Gasteiger partial charge on any atom is -0.467 e. The number of hydrogen-bond acceptors (Lipinski definition) is 7. The number of aliphatic hydroxyl groups is 4. The molecule has 7 heteroatoms. The lowest BCUT2D eigenvalue weighted by Crippen LogP contribution is -2.59. The van der Waals surface area contributed by atoms with Crippen LogP contribution in [0.4, 0.5) is 0 Å². The number of aliphatic hydroxyl groups excluding tert-OH is 4. The molecule has 0 amide bonds. The van der Waals surface area contributed by atoms with Crippen LogP contribution in [0.15, 0.2) is 0 Å². The molecule has 0 saturated carbocycles. The van der Waals surface area contributed by atoms with Crippen molar-refractivity contribution in [3.63, 3.8) is 0 Å². The Labute approximate surface area is 79.5 Å². The molecule has 7 nitrogen and oxygen atoms in total. The van der Waals surface area contributed by atoms with E-state index in [1.54, 1.807) is 0 Å². The standard InChI is InChI=1S/C7H12O7/c1-13-7(12)5-3(9)2(8)4(10)6(11)14-5/h2-6,8-11H,1H3/t2-,3-,4?,5?,6+/m0/s1. The second-order valence-corrected chi connectivity index (χ2v) is 2.94. The van der Waals surface area contributed by atoms with Crippen LogP contribution in [0.5, 0.6) is 0 Å². The molecular formula is C7H12O7. The lowest BCUT2D eigenvalue weighted by Gasteiger charge is -2.36. The zero-order valence-corrected chi connectivity index (χ0v) is 7.40. The monoisotopic (exact) mass is 208 g/mol. The van der Waals surface area contributed by atoms with E-state index in [0.29, 0.717) is 0 Å². The Hall–Kier alpha value is -0.730. The Balaban J connectivity index is 2.75. The zero-order valence-electron chi connectivity index (χ0n) is 7.40.